The molecule has 1 aliphatic rings. The van der Waals surface area contributed by atoms with Gasteiger partial charge < -0.3 is 10.6 Å². The fourth-order valence-electron chi connectivity index (χ4n) is 2.10. The van der Waals surface area contributed by atoms with Crippen molar-refractivity contribution in [3.05, 3.63) is 54.1 Å². The van der Waals surface area contributed by atoms with Crippen LogP contribution in [0.15, 0.2) is 47.4 Å². The second-order valence-corrected chi connectivity index (χ2v) is 7.34. The summed E-state index contributed by atoms with van der Waals surface area (Å²) in [7, 11) is -4.13. The largest absolute Gasteiger partial charge is 0.335 e. The Balaban J connectivity index is 1.68. The molecule has 0 unspecified atom stereocenters. The maximum Gasteiger partial charge on any atom is 0.319 e. The van der Waals surface area contributed by atoms with E-state index in [-0.39, 0.29) is 17.8 Å². The van der Waals surface area contributed by atoms with Crippen LogP contribution in [0.25, 0.3) is 0 Å². The Labute approximate surface area is 143 Å². The summed E-state index contributed by atoms with van der Waals surface area (Å²) in [6.07, 6.45) is 1.93. The quantitative estimate of drug-likeness (QED) is 0.759. The van der Waals surface area contributed by atoms with E-state index in [1.54, 1.807) is 0 Å². The fraction of sp³-hybridized carbons (Fsp3) is 0.188. The molecule has 0 spiro atoms. The second-order valence-electron chi connectivity index (χ2n) is 5.66. The number of carbonyl (C=O) groups excluding carboxylic acids is 1. The van der Waals surface area contributed by atoms with Gasteiger partial charge in [0.05, 0.1) is 4.90 Å². The number of carbonyl (C=O) groups is 1. The third-order valence-corrected chi connectivity index (χ3v) is 4.81. The zero-order valence-corrected chi connectivity index (χ0v) is 13.7. The summed E-state index contributed by atoms with van der Waals surface area (Å²) >= 11 is 0. The summed E-state index contributed by atoms with van der Waals surface area (Å²) in [6.45, 7) is 0. The van der Waals surface area contributed by atoms with Crippen LogP contribution in [0.1, 0.15) is 12.8 Å². The zero-order valence-electron chi connectivity index (χ0n) is 12.9. The lowest BCUT2D eigenvalue weighted by molar-refractivity contribution is 0.251. The number of anilines is 2. The Bertz CT molecular complexity index is 877. The molecule has 0 atom stereocenters. The van der Waals surface area contributed by atoms with Crippen molar-refractivity contribution in [1.82, 2.24) is 5.32 Å². The SMILES string of the molecule is O=C(Nc1ccc(NS(=O)(=O)c2cc(F)cc(F)c2)cc1)NC1CC1. The molecule has 0 radical (unpaired) electrons. The molecule has 1 fully saturated rings. The van der Waals surface area contributed by atoms with Crippen LogP contribution in [0, 0.1) is 11.6 Å². The van der Waals surface area contributed by atoms with Crippen molar-refractivity contribution in [2.75, 3.05) is 10.0 Å². The number of nitrogens with one attached hydrogen (secondary N) is 3. The van der Waals surface area contributed by atoms with Gasteiger partial charge in [-0.1, -0.05) is 0 Å². The minimum absolute atomic E-state index is 0.192. The van der Waals surface area contributed by atoms with Crippen molar-refractivity contribution >= 4 is 27.4 Å². The van der Waals surface area contributed by atoms with E-state index in [0.29, 0.717) is 11.8 Å². The highest BCUT2D eigenvalue weighted by molar-refractivity contribution is 7.92. The van der Waals surface area contributed by atoms with E-state index in [1.807, 2.05) is 0 Å². The van der Waals surface area contributed by atoms with Crippen LogP contribution >= 0.6 is 0 Å². The first kappa shape index (κ1) is 17.2. The second kappa shape index (κ2) is 6.67. The topological polar surface area (TPSA) is 87.3 Å². The van der Waals surface area contributed by atoms with Crippen molar-refractivity contribution in [2.45, 2.75) is 23.8 Å². The Hall–Kier alpha value is -2.68. The highest BCUT2D eigenvalue weighted by Crippen LogP contribution is 2.21. The van der Waals surface area contributed by atoms with Gasteiger partial charge >= 0.3 is 6.03 Å². The number of rotatable bonds is 5. The van der Waals surface area contributed by atoms with Crippen molar-refractivity contribution in [3.63, 3.8) is 0 Å². The minimum atomic E-state index is -4.13. The smallest absolute Gasteiger partial charge is 0.319 e. The molecule has 132 valence electrons. The Kier molecular flexibility index (Phi) is 4.58. The molecule has 3 N–H and O–H groups in total. The summed E-state index contributed by atoms with van der Waals surface area (Å²) in [5.74, 6) is -1.97. The number of halogens is 2. The number of hydrogen-bond donors (Lipinski definition) is 3. The summed E-state index contributed by atoms with van der Waals surface area (Å²) in [6, 6.07) is 7.82. The Morgan fingerprint density at radius 1 is 0.960 bits per heavy atom. The third-order valence-electron chi connectivity index (χ3n) is 3.45. The lowest BCUT2D eigenvalue weighted by Gasteiger charge is -2.10. The Morgan fingerprint density at radius 2 is 1.52 bits per heavy atom. The molecule has 1 aliphatic carbocycles. The molecule has 25 heavy (non-hydrogen) atoms. The zero-order chi connectivity index (χ0) is 18.0. The molecule has 9 heteroatoms. The van der Waals surface area contributed by atoms with Gasteiger partial charge in [-0.25, -0.2) is 22.0 Å². The molecular weight excluding hydrogens is 352 g/mol. The first-order valence-electron chi connectivity index (χ1n) is 7.48. The van der Waals surface area contributed by atoms with Crippen LogP contribution in [0.4, 0.5) is 25.0 Å². The number of hydrogen-bond acceptors (Lipinski definition) is 3. The van der Waals surface area contributed by atoms with E-state index < -0.39 is 26.6 Å². The molecule has 3 rings (SSSR count). The van der Waals surface area contributed by atoms with E-state index in [2.05, 4.69) is 15.4 Å². The van der Waals surface area contributed by atoms with Gasteiger partial charge in [0.1, 0.15) is 11.6 Å². The average molecular weight is 367 g/mol. The normalized spacial score (nSPS) is 14.0. The van der Waals surface area contributed by atoms with Crippen LogP contribution in [0.3, 0.4) is 0 Å². The number of sulfonamides is 1. The van der Waals surface area contributed by atoms with Crippen molar-refractivity contribution < 1.29 is 22.0 Å². The van der Waals surface area contributed by atoms with Gasteiger partial charge in [0.2, 0.25) is 0 Å². The van der Waals surface area contributed by atoms with Crippen LogP contribution in [-0.4, -0.2) is 20.5 Å². The minimum Gasteiger partial charge on any atom is -0.335 e. The monoisotopic (exact) mass is 367 g/mol. The summed E-state index contributed by atoms with van der Waals surface area (Å²) in [4.78, 5) is 11.1. The van der Waals surface area contributed by atoms with Gasteiger partial charge in [0.25, 0.3) is 10.0 Å². The molecule has 0 saturated heterocycles. The average Bonchev–Trinajstić information content (AvgIpc) is 3.32. The van der Waals surface area contributed by atoms with Gasteiger partial charge in [-0.05, 0) is 49.2 Å². The molecule has 0 aromatic heterocycles. The van der Waals surface area contributed by atoms with Crippen LogP contribution in [0.2, 0.25) is 0 Å². The van der Waals surface area contributed by atoms with E-state index in [4.69, 9.17) is 0 Å². The molecule has 1 saturated carbocycles. The van der Waals surface area contributed by atoms with Gasteiger partial charge in [-0.2, -0.15) is 0 Å². The standard InChI is InChI=1S/C16H15F2N3O3S/c17-10-7-11(18)9-15(8-10)25(23,24)21-14-5-3-13(4-6-14)20-16(22)19-12-1-2-12/h3-9,12,21H,1-2H2,(H2,19,20,22). The maximum atomic E-state index is 13.2. The molecule has 0 bridgehead atoms. The van der Waals surface area contributed by atoms with Crippen molar-refractivity contribution in [2.24, 2.45) is 0 Å². The van der Waals surface area contributed by atoms with Crippen LogP contribution < -0.4 is 15.4 Å². The van der Waals surface area contributed by atoms with E-state index in [9.17, 15) is 22.0 Å². The van der Waals surface area contributed by atoms with Crippen LogP contribution in [0.5, 0.6) is 0 Å². The number of urea groups is 1. The predicted octanol–water partition coefficient (Wildman–Crippen LogP) is 3.05. The summed E-state index contributed by atoms with van der Waals surface area (Å²) < 4.78 is 52.9. The summed E-state index contributed by atoms with van der Waals surface area (Å²) in [5, 5.41) is 5.38. The van der Waals surface area contributed by atoms with E-state index >= 15 is 0 Å². The van der Waals surface area contributed by atoms with Gasteiger partial charge in [-0.15, -0.1) is 0 Å². The first-order valence-corrected chi connectivity index (χ1v) is 8.97. The highest BCUT2D eigenvalue weighted by atomic mass is 32.2. The fourth-order valence-corrected chi connectivity index (χ4v) is 3.20. The molecule has 0 aliphatic heterocycles. The first-order chi connectivity index (χ1) is 11.8. The van der Waals surface area contributed by atoms with Gasteiger partial charge in [0, 0.05) is 23.5 Å². The molecule has 2 amide bonds. The maximum absolute atomic E-state index is 13.2. The summed E-state index contributed by atoms with van der Waals surface area (Å²) in [5.41, 5.74) is 0.677. The third kappa shape index (κ3) is 4.66. The van der Waals surface area contributed by atoms with E-state index in [1.165, 1.54) is 24.3 Å². The van der Waals surface area contributed by atoms with Crippen molar-refractivity contribution in [3.8, 4) is 0 Å². The molecular formula is C16H15F2N3O3S. The highest BCUT2D eigenvalue weighted by Gasteiger charge is 2.23. The number of benzene rings is 2. The lowest BCUT2D eigenvalue weighted by atomic mass is 10.3. The van der Waals surface area contributed by atoms with Gasteiger partial charge in [0.15, 0.2) is 0 Å². The molecule has 2 aromatic carbocycles. The molecule has 2 aromatic rings. The van der Waals surface area contributed by atoms with Crippen molar-refractivity contribution in [1.29, 1.82) is 0 Å². The van der Waals surface area contributed by atoms with Gasteiger partial charge in [-0.3, -0.25) is 4.72 Å². The molecule has 6 nitrogen and oxygen atoms in total. The van der Waals surface area contributed by atoms with Crippen LogP contribution in [-0.2, 0) is 10.0 Å². The molecule has 0 heterocycles. The Morgan fingerprint density at radius 3 is 2.08 bits per heavy atom. The lowest BCUT2D eigenvalue weighted by Crippen LogP contribution is -2.30. The predicted molar refractivity (Wildman–Crippen MR) is 88.8 cm³/mol. The number of amides is 2. The van der Waals surface area contributed by atoms with E-state index in [0.717, 1.165) is 25.0 Å².